The molecular weight excluding hydrogens is 267 g/mol. The molecule has 1 heterocycles. The molecule has 98 valence electrons. The van der Waals surface area contributed by atoms with E-state index in [0.29, 0.717) is 12.1 Å². The predicted molar refractivity (Wildman–Crippen MR) is 61.4 cm³/mol. The third kappa shape index (κ3) is 2.61. The third-order valence-electron chi connectivity index (χ3n) is 3.03. The minimum absolute atomic E-state index is 0.0604. The van der Waals surface area contributed by atoms with Crippen LogP contribution in [0.25, 0.3) is 0 Å². The minimum Gasteiger partial charge on any atom is -0.355 e. The van der Waals surface area contributed by atoms with Gasteiger partial charge in [0.1, 0.15) is 0 Å². The first-order chi connectivity index (χ1) is 8.41. The lowest BCUT2D eigenvalue weighted by Crippen LogP contribution is -2.14. The van der Waals surface area contributed by atoms with Gasteiger partial charge in [-0.15, -0.1) is 11.6 Å². The molecule has 0 saturated carbocycles. The Labute approximate surface area is 107 Å². The molecule has 2 nitrogen and oxygen atoms in total. The van der Waals surface area contributed by atoms with Gasteiger partial charge < -0.3 is 5.32 Å². The summed E-state index contributed by atoms with van der Waals surface area (Å²) in [4.78, 5) is 11.1. The molecule has 1 aromatic rings. The van der Waals surface area contributed by atoms with Crippen molar-refractivity contribution in [2.24, 2.45) is 0 Å². The average Bonchev–Trinajstić information content (AvgIpc) is 2.74. The highest BCUT2D eigenvalue weighted by Crippen LogP contribution is 2.35. The van der Waals surface area contributed by atoms with Gasteiger partial charge in [-0.3, -0.25) is 4.79 Å². The Bertz CT molecular complexity index is 473. The Hall–Kier alpha value is -1.23. The maximum absolute atomic E-state index is 12.8. The molecule has 2 rings (SSSR count). The van der Waals surface area contributed by atoms with Gasteiger partial charge in [-0.05, 0) is 17.2 Å². The van der Waals surface area contributed by atoms with Gasteiger partial charge in [-0.25, -0.2) is 0 Å². The molecular formula is C12H11ClF3NO. The number of hydrogen-bond donors (Lipinski definition) is 1. The molecule has 1 aliphatic heterocycles. The van der Waals surface area contributed by atoms with Crippen LogP contribution in [0.1, 0.15) is 29.0 Å². The van der Waals surface area contributed by atoms with Gasteiger partial charge in [0, 0.05) is 24.8 Å². The van der Waals surface area contributed by atoms with Crippen LogP contribution in [0.5, 0.6) is 0 Å². The van der Waals surface area contributed by atoms with Crippen LogP contribution in [0.4, 0.5) is 13.2 Å². The number of rotatable bonds is 2. The van der Waals surface area contributed by atoms with Gasteiger partial charge in [0.05, 0.1) is 5.56 Å². The van der Waals surface area contributed by atoms with Crippen LogP contribution >= 0.6 is 11.6 Å². The SMILES string of the molecule is O=C1CC(c2ccc(CCl)c(C(F)(F)F)c2)CN1. The second-order valence-corrected chi connectivity index (χ2v) is 4.52. The quantitative estimate of drug-likeness (QED) is 0.827. The standard InChI is InChI=1S/C12H11ClF3NO/c13-5-8-2-1-7(3-10(8)12(14,15)16)9-4-11(18)17-6-9/h1-3,9H,4-6H2,(H,17,18). The molecule has 1 aliphatic rings. The fraction of sp³-hybridized carbons (Fsp3) is 0.417. The number of nitrogens with one attached hydrogen (secondary N) is 1. The van der Waals surface area contributed by atoms with E-state index in [4.69, 9.17) is 11.6 Å². The van der Waals surface area contributed by atoms with E-state index in [1.807, 2.05) is 0 Å². The summed E-state index contributed by atoms with van der Waals surface area (Å²) in [5.74, 6) is -0.505. The van der Waals surface area contributed by atoms with Crippen LogP contribution in [-0.2, 0) is 16.9 Å². The number of benzene rings is 1. The van der Waals surface area contributed by atoms with E-state index in [9.17, 15) is 18.0 Å². The van der Waals surface area contributed by atoms with E-state index >= 15 is 0 Å². The van der Waals surface area contributed by atoms with Gasteiger partial charge in [-0.2, -0.15) is 13.2 Å². The Morgan fingerprint density at radius 1 is 1.39 bits per heavy atom. The topological polar surface area (TPSA) is 29.1 Å². The second kappa shape index (κ2) is 4.80. The van der Waals surface area contributed by atoms with Crippen LogP contribution in [-0.4, -0.2) is 12.5 Å². The highest BCUT2D eigenvalue weighted by molar-refractivity contribution is 6.17. The van der Waals surface area contributed by atoms with Crippen molar-refractivity contribution in [3.8, 4) is 0 Å². The van der Waals surface area contributed by atoms with E-state index in [2.05, 4.69) is 5.32 Å². The Kier molecular flexibility index (Phi) is 3.52. The molecule has 1 saturated heterocycles. The van der Waals surface area contributed by atoms with Crippen LogP contribution in [0, 0.1) is 0 Å². The Morgan fingerprint density at radius 2 is 2.11 bits per heavy atom. The summed E-state index contributed by atoms with van der Waals surface area (Å²) < 4.78 is 38.5. The van der Waals surface area contributed by atoms with Crippen molar-refractivity contribution < 1.29 is 18.0 Å². The van der Waals surface area contributed by atoms with Crippen molar-refractivity contribution in [3.05, 3.63) is 34.9 Å². The fourth-order valence-electron chi connectivity index (χ4n) is 2.07. The van der Waals surface area contributed by atoms with E-state index in [-0.39, 0.29) is 29.7 Å². The molecule has 1 N–H and O–H groups in total. The predicted octanol–water partition coefficient (Wildman–Crippen LogP) is 3.05. The summed E-state index contributed by atoms with van der Waals surface area (Å²) in [5, 5.41) is 2.61. The van der Waals surface area contributed by atoms with Gasteiger partial charge in [-0.1, -0.05) is 12.1 Å². The zero-order chi connectivity index (χ0) is 13.3. The van der Waals surface area contributed by atoms with Crippen molar-refractivity contribution in [3.63, 3.8) is 0 Å². The first-order valence-electron chi connectivity index (χ1n) is 5.44. The molecule has 0 aromatic heterocycles. The Balaban J connectivity index is 2.37. The lowest BCUT2D eigenvalue weighted by atomic mass is 9.94. The number of hydrogen-bond acceptors (Lipinski definition) is 1. The van der Waals surface area contributed by atoms with Crippen molar-refractivity contribution >= 4 is 17.5 Å². The number of alkyl halides is 4. The summed E-state index contributed by atoms with van der Waals surface area (Å²) in [6.07, 6.45) is -4.19. The van der Waals surface area contributed by atoms with E-state index in [1.54, 1.807) is 6.07 Å². The van der Waals surface area contributed by atoms with Crippen LogP contribution in [0.15, 0.2) is 18.2 Å². The van der Waals surface area contributed by atoms with E-state index < -0.39 is 11.7 Å². The normalized spacial score (nSPS) is 20.0. The molecule has 1 amide bonds. The highest BCUT2D eigenvalue weighted by Gasteiger charge is 2.34. The van der Waals surface area contributed by atoms with Crippen molar-refractivity contribution in [2.45, 2.75) is 24.4 Å². The summed E-state index contributed by atoms with van der Waals surface area (Å²) >= 11 is 5.51. The summed E-state index contributed by atoms with van der Waals surface area (Å²) in [6, 6.07) is 4.09. The molecule has 0 aliphatic carbocycles. The van der Waals surface area contributed by atoms with Gasteiger partial charge in [0.2, 0.25) is 5.91 Å². The summed E-state index contributed by atoms with van der Waals surface area (Å²) in [5.41, 5.74) is -0.130. The smallest absolute Gasteiger partial charge is 0.355 e. The summed E-state index contributed by atoms with van der Waals surface area (Å²) in [7, 11) is 0. The van der Waals surface area contributed by atoms with Gasteiger partial charge in [0.15, 0.2) is 0 Å². The number of carbonyl (C=O) groups is 1. The molecule has 18 heavy (non-hydrogen) atoms. The third-order valence-corrected chi connectivity index (χ3v) is 3.32. The zero-order valence-electron chi connectivity index (χ0n) is 9.35. The molecule has 0 spiro atoms. The van der Waals surface area contributed by atoms with Crippen molar-refractivity contribution in [1.29, 1.82) is 0 Å². The zero-order valence-corrected chi connectivity index (χ0v) is 10.1. The first-order valence-corrected chi connectivity index (χ1v) is 5.98. The largest absolute Gasteiger partial charge is 0.416 e. The Morgan fingerprint density at radius 3 is 2.61 bits per heavy atom. The van der Waals surface area contributed by atoms with Crippen LogP contribution in [0.2, 0.25) is 0 Å². The van der Waals surface area contributed by atoms with Crippen molar-refractivity contribution in [2.75, 3.05) is 6.54 Å². The number of halogens is 4. The minimum atomic E-state index is -4.42. The van der Waals surface area contributed by atoms with E-state index in [1.165, 1.54) is 6.07 Å². The lowest BCUT2D eigenvalue weighted by molar-refractivity contribution is -0.138. The number of amides is 1. The second-order valence-electron chi connectivity index (χ2n) is 4.25. The number of carbonyl (C=O) groups excluding carboxylic acids is 1. The van der Waals surface area contributed by atoms with Crippen LogP contribution < -0.4 is 5.32 Å². The van der Waals surface area contributed by atoms with Gasteiger partial charge in [0.25, 0.3) is 0 Å². The van der Waals surface area contributed by atoms with E-state index in [0.717, 1.165) is 6.07 Å². The molecule has 1 atom stereocenters. The first kappa shape index (κ1) is 13.2. The molecule has 0 bridgehead atoms. The lowest BCUT2D eigenvalue weighted by Gasteiger charge is -2.15. The molecule has 1 fully saturated rings. The summed E-state index contributed by atoms with van der Waals surface area (Å²) in [6.45, 7) is 0.385. The maximum Gasteiger partial charge on any atom is 0.416 e. The monoisotopic (exact) mass is 277 g/mol. The van der Waals surface area contributed by atoms with Gasteiger partial charge >= 0.3 is 6.18 Å². The average molecular weight is 278 g/mol. The maximum atomic E-state index is 12.8. The highest BCUT2D eigenvalue weighted by atomic mass is 35.5. The molecule has 0 radical (unpaired) electrons. The van der Waals surface area contributed by atoms with Crippen molar-refractivity contribution in [1.82, 2.24) is 5.32 Å². The van der Waals surface area contributed by atoms with Crippen LogP contribution in [0.3, 0.4) is 0 Å². The molecule has 1 unspecified atom stereocenters. The molecule has 1 aromatic carbocycles. The fourth-order valence-corrected chi connectivity index (χ4v) is 2.30. The molecule has 6 heteroatoms.